The molecule has 2 rings (SSSR count). The molecule has 1 amide bonds. The highest BCUT2D eigenvalue weighted by molar-refractivity contribution is 5.90. The predicted octanol–water partition coefficient (Wildman–Crippen LogP) is 1.72. The topological polar surface area (TPSA) is 54.0 Å². The number of amides is 1. The first-order valence-corrected chi connectivity index (χ1v) is 6.17. The van der Waals surface area contributed by atoms with Crippen LogP contribution >= 0.6 is 0 Å². The molecule has 0 aromatic carbocycles. The number of rotatable bonds is 3. The summed E-state index contributed by atoms with van der Waals surface area (Å²) in [6, 6.07) is 3.72. The van der Waals surface area contributed by atoms with E-state index in [9.17, 15) is 4.79 Å². The molecule has 1 aromatic rings. The lowest BCUT2D eigenvalue weighted by Gasteiger charge is -2.21. The van der Waals surface area contributed by atoms with Crippen molar-refractivity contribution in [1.82, 2.24) is 10.3 Å². The van der Waals surface area contributed by atoms with E-state index in [0.717, 1.165) is 37.3 Å². The summed E-state index contributed by atoms with van der Waals surface area (Å²) >= 11 is 0. The van der Waals surface area contributed by atoms with Crippen LogP contribution in [-0.2, 0) is 4.79 Å². The van der Waals surface area contributed by atoms with Crippen LogP contribution < -0.4 is 10.6 Å². The average Bonchev–Trinajstić information content (AvgIpc) is 2.30. The summed E-state index contributed by atoms with van der Waals surface area (Å²) in [6.07, 6.45) is 4.55. The Kier molecular flexibility index (Phi) is 4.09. The predicted molar refractivity (Wildman–Crippen MR) is 67.8 cm³/mol. The summed E-state index contributed by atoms with van der Waals surface area (Å²) in [7, 11) is 0. The zero-order chi connectivity index (χ0) is 12.1. The minimum atomic E-state index is 0.113. The molecule has 92 valence electrons. The summed E-state index contributed by atoms with van der Waals surface area (Å²) in [6.45, 7) is 3.99. The molecular weight excluding hydrogens is 214 g/mol. The molecule has 17 heavy (non-hydrogen) atoms. The number of carbonyl (C=O) groups excluding carboxylic acids is 1. The second-order valence-corrected chi connectivity index (χ2v) is 4.63. The van der Waals surface area contributed by atoms with E-state index in [4.69, 9.17) is 0 Å². The summed E-state index contributed by atoms with van der Waals surface area (Å²) in [5.41, 5.74) is 1.76. The number of anilines is 1. The van der Waals surface area contributed by atoms with E-state index < -0.39 is 0 Å². The van der Waals surface area contributed by atoms with Crippen molar-refractivity contribution in [3.8, 4) is 0 Å². The molecule has 1 aliphatic rings. The van der Waals surface area contributed by atoms with Gasteiger partial charge in [0.25, 0.3) is 0 Å². The first kappa shape index (κ1) is 12.0. The molecule has 0 bridgehead atoms. The Labute approximate surface area is 102 Å². The second kappa shape index (κ2) is 5.77. The molecule has 4 nitrogen and oxygen atoms in total. The normalized spacial score (nSPS) is 16.8. The van der Waals surface area contributed by atoms with Crippen molar-refractivity contribution in [3.05, 3.63) is 24.0 Å². The van der Waals surface area contributed by atoms with Crippen molar-refractivity contribution in [2.24, 2.45) is 5.92 Å². The van der Waals surface area contributed by atoms with Crippen LogP contribution in [0.2, 0.25) is 0 Å². The molecule has 0 aliphatic carbocycles. The molecule has 4 heteroatoms. The molecule has 0 saturated carbocycles. The Bertz CT molecular complexity index is 386. The number of piperidine rings is 1. The fourth-order valence-corrected chi connectivity index (χ4v) is 2.18. The lowest BCUT2D eigenvalue weighted by atomic mass is 9.94. The molecule has 0 atom stereocenters. The summed E-state index contributed by atoms with van der Waals surface area (Å²) in [5, 5.41) is 6.24. The largest absolute Gasteiger partial charge is 0.326 e. The Morgan fingerprint density at radius 1 is 1.53 bits per heavy atom. The molecule has 1 aliphatic heterocycles. The third kappa shape index (κ3) is 3.82. The Morgan fingerprint density at radius 2 is 2.29 bits per heavy atom. The monoisotopic (exact) mass is 233 g/mol. The van der Waals surface area contributed by atoms with Gasteiger partial charge in [0.1, 0.15) is 0 Å². The maximum atomic E-state index is 11.8. The molecule has 1 fully saturated rings. The van der Waals surface area contributed by atoms with Crippen molar-refractivity contribution >= 4 is 11.6 Å². The van der Waals surface area contributed by atoms with E-state index in [0.29, 0.717) is 12.3 Å². The van der Waals surface area contributed by atoms with Gasteiger partial charge in [-0.05, 0) is 50.9 Å². The van der Waals surface area contributed by atoms with Gasteiger partial charge in [0.2, 0.25) is 5.91 Å². The van der Waals surface area contributed by atoms with Gasteiger partial charge in [-0.1, -0.05) is 0 Å². The van der Waals surface area contributed by atoms with Gasteiger partial charge in [0.15, 0.2) is 0 Å². The summed E-state index contributed by atoms with van der Waals surface area (Å²) in [4.78, 5) is 15.9. The van der Waals surface area contributed by atoms with E-state index in [1.807, 2.05) is 19.1 Å². The SMILES string of the molecule is Cc1cc(NC(=O)CC2CCNCC2)ccn1. The third-order valence-corrected chi connectivity index (χ3v) is 3.11. The number of pyridine rings is 1. The van der Waals surface area contributed by atoms with Gasteiger partial charge in [-0.3, -0.25) is 9.78 Å². The van der Waals surface area contributed by atoms with E-state index in [1.54, 1.807) is 6.20 Å². The van der Waals surface area contributed by atoms with Gasteiger partial charge in [-0.15, -0.1) is 0 Å². The molecule has 2 N–H and O–H groups in total. The molecule has 0 unspecified atom stereocenters. The Balaban J connectivity index is 1.84. The zero-order valence-electron chi connectivity index (χ0n) is 10.2. The number of aromatic nitrogens is 1. The number of carbonyl (C=O) groups is 1. The molecule has 1 aromatic heterocycles. The van der Waals surface area contributed by atoms with Crippen molar-refractivity contribution in [1.29, 1.82) is 0 Å². The second-order valence-electron chi connectivity index (χ2n) is 4.63. The molecular formula is C13H19N3O. The number of aryl methyl sites for hydroxylation is 1. The highest BCUT2D eigenvalue weighted by atomic mass is 16.1. The van der Waals surface area contributed by atoms with Gasteiger partial charge in [-0.2, -0.15) is 0 Å². The first-order chi connectivity index (χ1) is 8.24. The summed E-state index contributed by atoms with van der Waals surface area (Å²) in [5.74, 6) is 0.640. The van der Waals surface area contributed by atoms with Crippen LogP contribution in [0.5, 0.6) is 0 Å². The van der Waals surface area contributed by atoms with Crippen molar-refractivity contribution in [3.63, 3.8) is 0 Å². The maximum Gasteiger partial charge on any atom is 0.224 e. The molecule has 2 heterocycles. The molecule has 0 radical (unpaired) electrons. The number of nitrogens with one attached hydrogen (secondary N) is 2. The lowest BCUT2D eigenvalue weighted by molar-refractivity contribution is -0.117. The van der Waals surface area contributed by atoms with Crippen LogP contribution in [0.4, 0.5) is 5.69 Å². The molecule has 0 spiro atoms. The van der Waals surface area contributed by atoms with Crippen LogP contribution in [0.25, 0.3) is 0 Å². The Morgan fingerprint density at radius 3 is 3.00 bits per heavy atom. The zero-order valence-corrected chi connectivity index (χ0v) is 10.2. The maximum absolute atomic E-state index is 11.8. The number of hydrogen-bond acceptors (Lipinski definition) is 3. The van der Waals surface area contributed by atoms with Crippen LogP contribution in [0.15, 0.2) is 18.3 Å². The molecule has 1 saturated heterocycles. The standard InChI is InChI=1S/C13H19N3O/c1-10-8-12(4-7-15-10)16-13(17)9-11-2-5-14-6-3-11/h4,7-8,11,14H,2-3,5-6,9H2,1H3,(H,15,16,17). The minimum absolute atomic E-state index is 0.113. The van der Waals surface area contributed by atoms with E-state index >= 15 is 0 Å². The van der Waals surface area contributed by atoms with Gasteiger partial charge in [-0.25, -0.2) is 0 Å². The van der Waals surface area contributed by atoms with Crippen LogP contribution in [-0.4, -0.2) is 24.0 Å². The van der Waals surface area contributed by atoms with Crippen LogP contribution in [0.1, 0.15) is 25.0 Å². The minimum Gasteiger partial charge on any atom is -0.326 e. The van der Waals surface area contributed by atoms with Gasteiger partial charge in [0.05, 0.1) is 0 Å². The third-order valence-electron chi connectivity index (χ3n) is 3.11. The summed E-state index contributed by atoms with van der Waals surface area (Å²) < 4.78 is 0. The fourth-order valence-electron chi connectivity index (χ4n) is 2.18. The van der Waals surface area contributed by atoms with Crippen molar-refractivity contribution in [2.75, 3.05) is 18.4 Å². The van der Waals surface area contributed by atoms with Gasteiger partial charge >= 0.3 is 0 Å². The average molecular weight is 233 g/mol. The lowest BCUT2D eigenvalue weighted by Crippen LogP contribution is -2.30. The number of hydrogen-bond donors (Lipinski definition) is 2. The van der Waals surface area contributed by atoms with Crippen molar-refractivity contribution < 1.29 is 4.79 Å². The van der Waals surface area contributed by atoms with E-state index in [-0.39, 0.29) is 5.91 Å². The fraction of sp³-hybridized carbons (Fsp3) is 0.538. The van der Waals surface area contributed by atoms with E-state index in [1.165, 1.54) is 0 Å². The Hall–Kier alpha value is -1.42. The van der Waals surface area contributed by atoms with Crippen molar-refractivity contribution in [2.45, 2.75) is 26.2 Å². The van der Waals surface area contributed by atoms with E-state index in [2.05, 4.69) is 15.6 Å². The highest BCUT2D eigenvalue weighted by Gasteiger charge is 2.16. The van der Waals surface area contributed by atoms with Gasteiger partial charge < -0.3 is 10.6 Å². The smallest absolute Gasteiger partial charge is 0.224 e. The van der Waals surface area contributed by atoms with Gasteiger partial charge in [0, 0.05) is 24.0 Å². The first-order valence-electron chi connectivity index (χ1n) is 6.17. The number of nitrogens with zero attached hydrogens (tertiary/aromatic N) is 1. The highest BCUT2D eigenvalue weighted by Crippen LogP contribution is 2.17. The quantitative estimate of drug-likeness (QED) is 0.835. The van der Waals surface area contributed by atoms with Crippen LogP contribution in [0, 0.1) is 12.8 Å². The van der Waals surface area contributed by atoms with Crippen LogP contribution in [0.3, 0.4) is 0 Å².